The van der Waals surface area contributed by atoms with Gasteiger partial charge >= 0.3 is 0 Å². The third kappa shape index (κ3) is 11.7. The lowest BCUT2D eigenvalue weighted by atomic mass is 9.81. The highest BCUT2D eigenvalue weighted by molar-refractivity contribution is 5.96. The van der Waals surface area contributed by atoms with Gasteiger partial charge in [0.2, 0.25) is 11.8 Å². The van der Waals surface area contributed by atoms with Crippen LogP contribution in [0.1, 0.15) is 84.8 Å². The maximum absolute atomic E-state index is 13.0. The molecule has 0 aliphatic carbocycles. The summed E-state index contributed by atoms with van der Waals surface area (Å²) >= 11 is 0. The first-order chi connectivity index (χ1) is 23.2. The number of amides is 2. The van der Waals surface area contributed by atoms with Gasteiger partial charge in [-0.15, -0.1) is 0 Å². The van der Waals surface area contributed by atoms with E-state index in [0.717, 1.165) is 12.8 Å². The summed E-state index contributed by atoms with van der Waals surface area (Å²) in [6, 6.07) is 29.4. The molecule has 0 fully saturated rings. The normalized spacial score (nSPS) is 15.6. The van der Waals surface area contributed by atoms with Crippen LogP contribution >= 0.6 is 0 Å². The van der Waals surface area contributed by atoms with Crippen molar-refractivity contribution in [1.82, 2.24) is 10.6 Å². The van der Waals surface area contributed by atoms with Gasteiger partial charge in [-0.3, -0.25) is 9.59 Å². The first-order valence-electron chi connectivity index (χ1n) is 18.2. The average Bonchev–Trinajstić information content (AvgIpc) is 3.02. The summed E-state index contributed by atoms with van der Waals surface area (Å²) in [5.41, 5.74) is 0.307. The molecule has 49 heavy (non-hydrogen) atoms. The van der Waals surface area contributed by atoms with E-state index < -0.39 is 23.0 Å². The van der Waals surface area contributed by atoms with E-state index in [1.807, 2.05) is 12.1 Å². The van der Waals surface area contributed by atoms with Gasteiger partial charge in [-0.05, 0) is 94.9 Å². The summed E-state index contributed by atoms with van der Waals surface area (Å²) in [5.74, 6) is -0.0443. The fourth-order valence-corrected chi connectivity index (χ4v) is 7.91. The molecule has 0 saturated heterocycles. The summed E-state index contributed by atoms with van der Waals surface area (Å²) in [5, 5.41) is 34.0. The van der Waals surface area contributed by atoms with Crippen molar-refractivity contribution >= 4 is 33.4 Å². The minimum atomic E-state index is -1.10. The Labute approximate surface area is 293 Å². The molecule has 6 heteroatoms. The quantitative estimate of drug-likeness (QED) is 0.0809. The van der Waals surface area contributed by atoms with E-state index in [0.29, 0.717) is 25.7 Å². The molecule has 2 amide bonds. The third-order valence-electron chi connectivity index (χ3n) is 9.48. The minimum Gasteiger partial charge on any atom is -0.388 e. The van der Waals surface area contributed by atoms with Crippen LogP contribution in [0.5, 0.6) is 0 Å². The highest BCUT2D eigenvalue weighted by Gasteiger charge is 2.33. The van der Waals surface area contributed by atoms with Crippen LogP contribution in [-0.4, -0.2) is 46.3 Å². The van der Waals surface area contributed by atoms with Crippen molar-refractivity contribution in [2.45, 2.75) is 97.7 Å². The van der Waals surface area contributed by atoms with Crippen molar-refractivity contribution in [2.75, 3.05) is 13.1 Å². The zero-order valence-electron chi connectivity index (χ0n) is 30.5. The fourth-order valence-electron chi connectivity index (χ4n) is 7.91. The molecule has 0 heterocycles. The zero-order chi connectivity index (χ0) is 35.6. The number of nitrogens with one attached hydrogen (secondary N) is 2. The average molecular weight is 667 g/mol. The Balaban J connectivity index is 1.30. The maximum atomic E-state index is 13.0. The van der Waals surface area contributed by atoms with Crippen LogP contribution in [0.25, 0.3) is 21.5 Å². The van der Waals surface area contributed by atoms with Gasteiger partial charge in [-0.25, -0.2) is 0 Å². The van der Waals surface area contributed by atoms with E-state index in [2.05, 4.69) is 125 Å². The molecule has 0 radical (unpaired) electrons. The number of aliphatic hydroxyl groups is 2. The Bertz CT molecular complexity index is 1550. The molecular formula is C43H58N2O4. The molecule has 4 aromatic rings. The summed E-state index contributed by atoms with van der Waals surface area (Å²) in [6.45, 7) is 12.7. The molecule has 4 N–H and O–H groups in total. The second kappa shape index (κ2) is 17.3. The second-order valence-corrected chi connectivity index (χ2v) is 15.7. The predicted molar refractivity (Wildman–Crippen MR) is 202 cm³/mol. The molecule has 0 aliphatic heterocycles. The smallest absolute Gasteiger partial charge is 0.229 e. The fraction of sp³-hybridized carbons (Fsp3) is 0.488. The SMILES string of the molecule is CC(C)CC(O)(CNC(=O)CC(=O)NCC(O)(CC(C)C)CC(C)Cc1cccc2ccccc12)CC(C)Cc1cccc2ccccc12. The minimum absolute atomic E-state index is 0.0835. The molecule has 0 saturated carbocycles. The molecule has 4 unspecified atom stereocenters. The number of carbonyl (C=O) groups excluding carboxylic acids is 2. The van der Waals surface area contributed by atoms with Crippen molar-refractivity contribution in [3.8, 4) is 0 Å². The van der Waals surface area contributed by atoms with Crippen LogP contribution in [0.4, 0.5) is 0 Å². The van der Waals surface area contributed by atoms with Gasteiger partial charge in [-0.2, -0.15) is 0 Å². The predicted octanol–water partition coefficient (Wildman–Crippen LogP) is 8.01. The molecular weight excluding hydrogens is 608 g/mol. The number of benzene rings is 4. The number of fused-ring (bicyclic) bond motifs is 2. The molecule has 0 spiro atoms. The zero-order valence-corrected chi connectivity index (χ0v) is 30.5. The molecule has 264 valence electrons. The van der Waals surface area contributed by atoms with Gasteiger partial charge in [0.25, 0.3) is 0 Å². The first-order valence-corrected chi connectivity index (χ1v) is 18.2. The highest BCUT2D eigenvalue weighted by atomic mass is 16.3. The molecule has 4 rings (SSSR count). The summed E-state index contributed by atoms with van der Waals surface area (Å²) in [6.07, 6.45) is 3.42. The Morgan fingerprint density at radius 2 is 0.918 bits per heavy atom. The maximum Gasteiger partial charge on any atom is 0.229 e. The van der Waals surface area contributed by atoms with Crippen LogP contribution in [0.15, 0.2) is 84.9 Å². The Morgan fingerprint density at radius 1 is 0.551 bits per heavy atom. The van der Waals surface area contributed by atoms with Gasteiger partial charge in [0.1, 0.15) is 6.42 Å². The topological polar surface area (TPSA) is 98.7 Å². The molecule has 0 aromatic heterocycles. The van der Waals surface area contributed by atoms with E-state index in [9.17, 15) is 19.8 Å². The molecule has 6 nitrogen and oxygen atoms in total. The third-order valence-corrected chi connectivity index (χ3v) is 9.48. The van der Waals surface area contributed by atoms with Crippen molar-refractivity contribution in [1.29, 1.82) is 0 Å². The number of rotatable bonds is 18. The summed E-state index contributed by atoms with van der Waals surface area (Å²) in [7, 11) is 0. The Kier molecular flexibility index (Phi) is 13.4. The van der Waals surface area contributed by atoms with Gasteiger partial charge in [0.15, 0.2) is 0 Å². The van der Waals surface area contributed by atoms with Crippen LogP contribution in [-0.2, 0) is 22.4 Å². The molecule has 0 bridgehead atoms. The van der Waals surface area contributed by atoms with Gasteiger partial charge in [-0.1, -0.05) is 126 Å². The lowest BCUT2D eigenvalue weighted by Crippen LogP contribution is -2.48. The van der Waals surface area contributed by atoms with E-state index >= 15 is 0 Å². The molecule has 4 aromatic carbocycles. The lowest BCUT2D eigenvalue weighted by Gasteiger charge is -2.33. The Morgan fingerprint density at radius 3 is 1.31 bits per heavy atom. The van der Waals surface area contributed by atoms with E-state index in [4.69, 9.17) is 0 Å². The van der Waals surface area contributed by atoms with E-state index in [1.54, 1.807) is 0 Å². The summed E-state index contributed by atoms with van der Waals surface area (Å²) in [4.78, 5) is 25.9. The second-order valence-electron chi connectivity index (χ2n) is 15.7. The standard InChI is InChI=1S/C43H58N2O4/c1-30(2)24-42(48,26-32(5)21-36-17-11-15-34-13-7-9-19-38(34)36)28-44-40(46)23-41(47)45-29-43(49,25-31(3)4)27-33(6)22-37-18-12-16-35-14-8-10-20-39(35)37/h7-20,30-33,48-49H,21-29H2,1-6H3,(H,44,46)(H,45,47). The van der Waals surface area contributed by atoms with Crippen LogP contribution in [0, 0.1) is 23.7 Å². The lowest BCUT2D eigenvalue weighted by molar-refractivity contribution is -0.131. The van der Waals surface area contributed by atoms with Crippen LogP contribution < -0.4 is 10.6 Å². The van der Waals surface area contributed by atoms with Crippen molar-refractivity contribution < 1.29 is 19.8 Å². The monoisotopic (exact) mass is 666 g/mol. The van der Waals surface area contributed by atoms with E-state index in [-0.39, 0.29) is 43.2 Å². The van der Waals surface area contributed by atoms with Gasteiger partial charge in [0.05, 0.1) is 11.2 Å². The van der Waals surface area contributed by atoms with Crippen LogP contribution in [0.3, 0.4) is 0 Å². The number of carbonyl (C=O) groups is 2. The van der Waals surface area contributed by atoms with Gasteiger partial charge < -0.3 is 20.8 Å². The van der Waals surface area contributed by atoms with Crippen LogP contribution in [0.2, 0.25) is 0 Å². The van der Waals surface area contributed by atoms with Crippen molar-refractivity contribution in [3.63, 3.8) is 0 Å². The highest BCUT2D eigenvalue weighted by Crippen LogP contribution is 2.30. The molecule has 4 atom stereocenters. The van der Waals surface area contributed by atoms with E-state index in [1.165, 1.54) is 32.7 Å². The molecule has 0 aliphatic rings. The number of hydrogen-bond donors (Lipinski definition) is 4. The van der Waals surface area contributed by atoms with Crippen molar-refractivity contribution in [2.24, 2.45) is 23.7 Å². The summed E-state index contributed by atoms with van der Waals surface area (Å²) < 4.78 is 0. The van der Waals surface area contributed by atoms with Crippen molar-refractivity contribution in [3.05, 3.63) is 96.1 Å². The first kappa shape index (κ1) is 38.1. The van der Waals surface area contributed by atoms with Gasteiger partial charge in [0, 0.05) is 13.1 Å². The number of hydrogen-bond acceptors (Lipinski definition) is 4. The largest absolute Gasteiger partial charge is 0.388 e. The Hall–Kier alpha value is -3.74.